The molecule has 130 valence electrons. The van der Waals surface area contributed by atoms with E-state index in [-0.39, 0.29) is 12.3 Å². The van der Waals surface area contributed by atoms with Gasteiger partial charge in [0.2, 0.25) is 10.0 Å². The second kappa shape index (κ2) is 5.77. The third-order valence-electron chi connectivity index (χ3n) is 4.77. The third kappa shape index (κ3) is 3.10. The zero-order chi connectivity index (χ0) is 17.5. The zero-order valence-electron chi connectivity index (χ0n) is 13.4. The van der Waals surface area contributed by atoms with E-state index in [2.05, 4.69) is 5.32 Å². The Morgan fingerprint density at radius 3 is 2.58 bits per heavy atom. The number of anilines is 1. The molecule has 0 atom stereocenters. The van der Waals surface area contributed by atoms with Crippen LogP contribution in [0.1, 0.15) is 41.6 Å². The largest absolute Gasteiger partial charge is 0.481 e. The van der Waals surface area contributed by atoms with E-state index in [0.29, 0.717) is 37.1 Å². The van der Waals surface area contributed by atoms with Gasteiger partial charge in [-0.15, -0.1) is 0 Å². The summed E-state index contributed by atoms with van der Waals surface area (Å²) in [6.07, 6.45) is 3.88. The quantitative estimate of drug-likeness (QED) is 0.827. The molecule has 2 N–H and O–H groups in total. The van der Waals surface area contributed by atoms with Crippen LogP contribution in [0.5, 0.6) is 0 Å². The van der Waals surface area contributed by atoms with Gasteiger partial charge in [0.05, 0.1) is 23.9 Å². The molecule has 0 unspecified atom stereocenters. The Morgan fingerprint density at radius 2 is 2.04 bits per heavy atom. The molecule has 0 spiro atoms. The van der Waals surface area contributed by atoms with Gasteiger partial charge in [0.15, 0.2) is 0 Å². The SMILES string of the molecule is CS(=O)(=O)N1CCc2cc(C(=O)NC3(CC(=O)O)CCC3)ccc21. The second-order valence-electron chi connectivity index (χ2n) is 6.59. The lowest BCUT2D eigenvalue weighted by atomic mass is 9.74. The molecule has 2 aliphatic rings. The van der Waals surface area contributed by atoms with Crippen molar-refractivity contribution in [1.29, 1.82) is 0 Å². The minimum Gasteiger partial charge on any atom is -0.481 e. The van der Waals surface area contributed by atoms with Crippen LogP contribution in [0.25, 0.3) is 0 Å². The van der Waals surface area contributed by atoms with Crippen LogP contribution < -0.4 is 9.62 Å². The number of sulfonamides is 1. The fourth-order valence-corrected chi connectivity index (χ4v) is 4.37. The predicted octanol–water partition coefficient (Wildman–Crippen LogP) is 1.14. The number of amides is 1. The number of rotatable bonds is 5. The minimum atomic E-state index is -3.32. The van der Waals surface area contributed by atoms with Crippen LogP contribution >= 0.6 is 0 Å². The van der Waals surface area contributed by atoms with Crippen LogP contribution in [0.3, 0.4) is 0 Å². The molecule has 1 aromatic carbocycles. The zero-order valence-corrected chi connectivity index (χ0v) is 14.2. The van der Waals surface area contributed by atoms with E-state index in [1.807, 2.05) is 0 Å². The van der Waals surface area contributed by atoms with Gasteiger partial charge in [0.25, 0.3) is 5.91 Å². The molecule has 1 saturated carbocycles. The Kier molecular flexibility index (Phi) is 4.03. The summed E-state index contributed by atoms with van der Waals surface area (Å²) in [5, 5.41) is 11.9. The first-order valence-electron chi connectivity index (χ1n) is 7.85. The number of nitrogens with one attached hydrogen (secondary N) is 1. The molecule has 0 aromatic heterocycles. The second-order valence-corrected chi connectivity index (χ2v) is 8.49. The molecule has 1 amide bonds. The van der Waals surface area contributed by atoms with Crippen molar-refractivity contribution >= 4 is 27.6 Å². The van der Waals surface area contributed by atoms with E-state index < -0.39 is 21.5 Å². The molecule has 24 heavy (non-hydrogen) atoms. The number of benzene rings is 1. The normalized spacial score (nSPS) is 18.6. The first-order valence-corrected chi connectivity index (χ1v) is 9.70. The lowest BCUT2D eigenvalue weighted by molar-refractivity contribution is -0.139. The van der Waals surface area contributed by atoms with E-state index in [1.54, 1.807) is 18.2 Å². The summed E-state index contributed by atoms with van der Waals surface area (Å²) in [5.41, 5.74) is 1.20. The number of carbonyl (C=O) groups is 2. The van der Waals surface area contributed by atoms with E-state index in [9.17, 15) is 18.0 Å². The van der Waals surface area contributed by atoms with Gasteiger partial charge in [-0.1, -0.05) is 0 Å². The van der Waals surface area contributed by atoms with Crippen molar-refractivity contribution in [3.05, 3.63) is 29.3 Å². The van der Waals surface area contributed by atoms with Crippen molar-refractivity contribution in [1.82, 2.24) is 5.32 Å². The summed E-state index contributed by atoms with van der Waals surface area (Å²) in [7, 11) is -3.32. The van der Waals surface area contributed by atoms with Gasteiger partial charge in [-0.2, -0.15) is 0 Å². The molecule has 1 heterocycles. The molecular weight excluding hydrogens is 332 g/mol. The van der Waals surface area contributed by atoms with Crippen molar-refractivity contribution in [2.45, 2.75) is 37.6 Å². The molecule has 0 radical (unpaired) electrons. The van der Waals surface area contributed by atoms with Crippen molar-refractivity contribution in [2.75, 3.05) is 17.1 Å². The van der Waals surface area contributed by atoms with Gasteiger partial charge < -0.3 is 10.4 Å². The topological polar surface area (TPSA) is 104 Å². The van der Waals surface area contributed by atoms with Gasteiger partial charge in [0, 0.05) is 12.1 Å². The third-order valence-corrected chi connectivity index (χ3v) is 5.95. The first-order chi connectivity index (χ1) is 11.2. The van der Waals surface area contributed by atoms with E-state index in [4.69, 9.17) is 5.11 Å². The summed E-state index contributed by atoms with van der Waals surface area (Å²) in [4.78, 5) is 23.5. The summed E-state index contributed by atoms with van der Waals surface area (Å²) >= 11 is 0. The van der Waals surface area contributed by atoms with Crippen LogP contribution in [-0.4, -0.2) is 43.7 Å². The summed E-state index contributed by atoms with van der Waals surface area (Å²) in [6, 6.07) is 4.93. The highest BCUT2D eigenvalue weighted by molar-refractivity contribution is 7.92. The average molecular weight is 352 g/mol. The highest BCUT2D eigenvalue weighted by atomic mass is 32.2. The lowest BCUT2D eigenvalue weighted by Gasteiger charge is -2.41. The predicted molar refractivity (Wildman–Crippen MR) is 88.6 cm³/mol. The van der Waals surface area contributed by atoms with Gasteiger partial charge in [-0.05, 0) is 49.4 Å². The van der Waals surface area contributed by atoms with E-state index in [1.165, 1.54) is 4.31 Å². The number of carbonyl (C=O) groups excluding carboxylic acids is 1. The highest BCUT2D eigenvalue weighted by Crippen LogP contribution is 2.36. The molecule has 1 aliphatic heterocycles. The maximum atomic E-state index is 12.5. The number of carboxylic acid groups (broad SMARTS) is 1. The lowest BCUT2D eigenvalue weighted by Crippen LogP contribution is -2.54. The van der Waals surface area contributed by atoms with Crippen molar-refractivity contribution < 1.29 is 23.1 Å². The van der Waals surface area contributed by atoms with Crippen LogP contribution in [0.4, 0.5) is 5.69 Å². The molecule has 8 heteroatoms. The van der Waals surface area contributed by atoms with Crippen LogP contribution in [0.15, 0.2) is 18.2 Å². The first kappa shape index (κ1) is 16.8. The number of aliphatic carboxylic acids is 1. The van der Waals surface area contributed by atoms with Crippen LogP contribution in [0.2, 0.25) is 0 Å². The number of hydrogen-bond acceptors (Lipinski definition) is 4. The van der Waals surface area contributed by atoms with E-state index in [0.717, 1.165) is 18.2 Å². The summed E-state index contributed by atoms with van der Waals surface area (Å²) in [6.45, 7) is 0.377. The molecule has 1 aliphatic carbocycles. The smallest absolute Gasteiger partial charge is 0.305 e. The molecule has 3 rings (SSSR count). The molecule has 1 fully saturated rings. The van der Waals surface area contributed by atoms with Crippen molar-refractivity contribution in [3.63, 3.8) is 0 Å². The molecule has 0 bridgehead atoms. The number of hydrogen-bond donors (Lipinski definition) is 2. The number of fused-ring (bicyclic) bond motifs is 1. The fourth-order valence-electron chi connectivity index (χ4n) is 3.41. The van der Waals surface area contributed by atoms with Crippen LogP contribution in [-0.2, 0) is 21.2 Å². The Hall–Kier alpha value is -2.09. The molecule has 1 aromatic rings. The fraction of sp³-hybridized carbons (Fsp3) is 0.500. The highest BCUT2D eigenvalue weighted by Gasteiger charge is 2.40. The van der Waals surface area contributed by atoms with Crippen molar-refractivity contribution in [3.8, 4) is 0 Å². The average Bonchev–Trinajstić information content (AvgIpc) is 2.87. The molecule has 7 nitrogen and oxygen atoms in total. The summed E-state index contributed by atoms with van der Waals surface area (Å²) < 4.78 is 24.8. The maximum absolute atomic E-state index is 12.5. The molecular formula is C16H20N2O5S. The molecule has 0 saturated heterocycles. The monoisotopic (exact) mass is 352 g/mol. The van der Waals surface area contributed by atoms with Gasteiger partial charge in [0.1, 0.15) is 0 Å². The maximum Gasteiger partial charge on any atom is 0.305 e. The number of nitrogens with zero attached hydrogens (tertiary/aromatic N) is 1. The van der Waals surface area contributed by atoms with Gasteiger partial charge >= 0.3 is 5.97 Å². The standard InChI is InChI=1S/C16H20N2O5S/c1-24(22,23)18-8-5-11-9-12(3-4-13(11)18)15(21)17-16(6-2-7-16)10-14(19)20/h3-4,9H,2,5-8,10H2,1H3,(H,17,21)(H,19,20). The minimum absolute atomic E-state index is 0.0778. The van der Waals surface area contributed by atoms with Crippen molar-refractivity contribution in [2.24, 2.45) is 0 Å². The van der Waals surface area contributed by atoms with E-state index >= 15 is 0 Å². The Balaban J connectivity index is 1.79. The van der Waals surface area contributed by atoms with Gasteiger partial charge in [-0.25, -0.2) is 8.42 Å². The Labute approximate surface area is 140 Å². The van der Waals surface area contributed by atoms with Crippen LogP contribution in [0, 0.1) is 0 Å². The van der Waals surface area contributed by atoms with Gasteiger partial charge in [-0.3, -0.25) is 13.9 Å². The Morgan fingerprint density at radius 1 is 1.33 bits per heavy atom. The Bertz CT molecular complexity index is 799. The summed E-state index contributed by atoms with van der Waals surface area (Å²) in [5.74, 6) is -1.23. The number of carboxylic acids is 1.